The van der Waals surface area contributed by atoms with Gasteiger partial charge in [0.25, 0.3) is 5.91 Å². The molecule has 0 radical (unpaired) electrons. The van der Waals surface area contributed by atoms with Gasteiger partial charge in [0.2, 0.25) is 0 Å². The number of hydrogen-bond acceptors (Lipinski definition) is 6. The number of carbonyl (C=O) groups excluding carboxylic acids is 1. The van der Waals surface area contributed by atoms with Crippen LogP contribution in [0.2, 0.25) is 5.02 Å². The van der Waals surface area contributed by atoms with E-state index in [-0.39, 0.29) is 52.8 Å². The van der Waals surface area contributed by atoms with Crippen molar-refractivity contribution >= 4 is 55.8 Å². The van der Waals surface area contributed by atoms with Gasteiger partial charge in [-0.3, -0.25) is 9.35 Å². The van der Waals surface area contributed by atoms with Gasteiger partial charge in [0, 0.05) is 23.7 Å². The first-order valence-electron chi connectivity index (χ1n) is 11.6. The summed E-state index contributed by atoms with van der Waals surface area (Å²) in [4.78, 5) is 17.0. The summed E-state index contributed by atoms with van der Waals surface area (Å²) in [5.41, 5.74) is 0.160. The summed E-state index contributed by atoms with van der Waals surface area (Å²) in [6.07, 6.45) is -4.34. The van der Waals surface area contributed by atoms with Crippen LogP contribution in [0.25, 0.3) is 11.1 Å². The van der Waals surface area contributed by atoms with Gasteiger partial charge in [-0.15, -0.1) is 0 Å². The van der Waals surface area contributed by atoms with Crippen molar-refractivity contribution in [1.82, 2.24) is 10.3 Å². The van der Waals surface area contributed by atoms with E-state index in [4.69, 9.17) is 16.0 Å². The topological polar surface area (TPSA) is 136 Å². The van der Waals surface area contributed by atoms with Crippen molar-refractivity contribution in [2.24, 2.45) is 0 Å². The Balaban J connectivity index is 1.40. The lowest BCUT2D eigenvalue weighted by atomic mass is 10.1. The van der Waals surface area contributed by atoms with Crippen LogP contribution in [0.1, 0.15) is 27.9 Å². The molecule has 4 aromatic rings. The lowest BCUT2D eigenvalue weighted by Crippen LogP contribution is -2.34. The van der Waals surface area contributed by atoms with E-state index in [9.17, 15) is 35.5 Å². The number of oxazole rings is 1. The fourth-order valence-corrected chi connectivity index (χ4v) is 5.58. The van der Waals surface area contributed by atoms with Gasteiger partial charge in [-0.1, -0.05) is 29.8 Å². The number of rotatable bonds is 10. The highest BCUT2D eigenvalue weighted by molar-refractivity contribution is 7.90. The second-order valence-electron chi connectivity index (χ2n) is 8.45. The second kappa shape index (κ2) is 12.1. The van der Waals surface area contributed by atoms with E-state index in [2.05, 4.69) is 10.3 Å². The van der Waals surface area contributed by atoms with Crippen LogP contribution in [-0.4, -0.2) is 41.5 Å². The monoisotopic (exact) mass is 615 g/mol. The number of anilines is 1. The molecular weight excluding hydrogens is 595 g/mol. The van der Waals surface area contributed by atoms with Gasteiger partial charge in [0.05, 0.1) is 28.0 Å². The summed E-state index contributed by atoms with van der Waals surface area (Å²) >= 11 is 3.98. The van der Waals surface area contributed by atoms with Crippen LogP contribution in [-0.2, 0) is 33.4 Å². The number of para-hydroxylation sites is 1. The third-order valence-corrected chi connectivity index (χ3v) is 7.99. The molecule has 0 aliphatic rings. The lowest BCUT2D eigenvalue weighted by Gasteiger charge is -2.21. The largest absolute Gasteiger partial charge is 0.607 e. The van der Waals surface area contributed by atoms with E-state index in [1.165, 1.54) is 42.5 Å². The molecule has 4 rings (SSSR count). The fourth-order valence-electron chi connectivity index (χ4n) is 3.71. The Bertz CT molecular complexity index is 1600. The van der Waals surface area contributed by atoms with Crippen LogP contribution >= 0.6 is 11.6 Å². The third-order valence-electron chi connectivity index (χ3n) is 5.63. The number of carbonyl (C=O) groups is 1. The predicted octanol–water partition coefficient (Wildman–Crippen LogP) is 5.24. The highest BCUT2D eigenvalue weighted by Gasteiger charge is 2.30. The molecule has 1 heterocycles. The molecule has 0 fully saturated rings. The Morgan fingerprint density at radius 1 is 1.10 bits per heavy atom. The maximum atomic E-state index is 12.8. The van der Waals surface area contributed by atoms with Crippen LogP contribution in [0.3, 0.4) is 0 Å². The van der Waals surface area contributed by atoms with Crippen molar-refractivity contribution in [2.45, 2.75) is 23.6 Å². The molecule has 0 aliphatic carbocycles. The van der Waals surface area contributed by atoms with Crippen LogP contribution in [0.5, 0.6) is 0 Å². The molecule has 40 heavy (non-hydrogen) atoms. The van der Waals surface area contributed by atoms with E-state index in [1.807, 2.05) is 0 Å². The van der Waals surface area contributed by atoms with Gasteiger partial charge in [-0.05, 0) is 55.0 Å². The smallest absolute Gasteiger partial charge is 0.416 e. The van der Waals surface area contributed by atoms with Crippen molar-refractivity contribution in [3.63, 3.8) is 0 Å². The molecule has 15 heteroatoms. The van der Waals surface area contributed by atoms with E-state index in [0.717, 1.165) is 16.4 Å². The first kappa shape index (κ1) is 29.7. The van der Waals surface area contributed by atoms with E-state index < -0.39 is 39.1 Å². The summed E-state index contributed by atoms with van der Waals surface area (Å²) in [5.74, 6) is -0.712. The van der Waals surface area contributed by atoms with Crippen molar-refractivity contribution in [1.29, 1.82) is 0 Å². The molecule has 3 aromatic carbocycles. The predicted molar refractivity (Wildman–Crippen MR) is 143 cm³/mol. The van der Waals surface area contributed by atoms with Gasteiger partial charge in [0.1, 0.15) is 11.3 Å². The number of nitrogens with zero attached hydrogens (tertiary/aromatic N) is 2. The summed E-state index contributed by atoms with van der Waals surface area (Å²) in [7, 11) is -4.57. The van der Waals surface area contributed by atoms with Crippen molar-refractivity contribution in [3.8, 4) is 0 Å². The molecule has 0 spiro atoms. The molecule has 1 amide bonds. The highest BCUT2D eigenvalue weighted by Crippen LogP contribution is 2.30. The average Bonchev–Trinajstić information content (AvgIpc) is 3.33. The highest BCUT2D eigenvalue weighted by atomic mass is 35.5. The van der Waals surface area contributed by atoms with Crippen molar-refractivity contribution in [3.05, 3.63) is 88.4 Å². The summed E-state index contributed by atoms with van der Waals surface area (Å²) in [6, 6.07) is 14.6. The number of aromatic nitrogens is 1. The molecule has 1 aromatic heterocycles. The number of alkyl halides is 3. The van der Waals surface area contributed by atoms with Crippen molar-refractivity contribution < 1.29 is 39.9 Å². The van der Waals surface area contributed by atoms with E-state index in [1.54, 1.807) is 12.1 Å². The number of fused-ring (bicyclic) bond motifs is 1. The minimum Gasteiger partial charge on any atom is -0.607 e. The van der Waals surface area contributed by atoms with E-state index in [0.29, 0.717) is 10.6 Å². The zero-order chi connectivity index (χ0) is 29.1. The van der Waals surface area contributed by atoms with E-state index >= 15 is 0 Å². The molecule has 0 aliphatic heterocycles. The molecule has 1 atom stereocenters. The van der Waals surface area contributed by atoms with Crippen LogP contribution < -0.4 is 9.62 Å². The maximum absolute atomic E-state index is 12.8. The first-order chi connectivity index (χ1) is 18.8. The Kier molecular flexibility index (Phi) is 8.95. The minimum atomic E-state index is -4.57. The number of halogens is 4. The average molecular weight is 616 g/mol. The molecule has 9 nitrogen and oxygen atoms in total. The first-order valence-corrected chi connectivity index (χ1v) is 14.7. The van der Waals surface area contributed by atoms with Gasteiger partial charge in [0.15, 0.2) is 5.58 Å². The quantitative estimate of drug-likeness (QED) is 0.141. The van der Waals surface area contributed by atoms with Gasteiger partial charge in [-0.25, -0.2) is 4.31 Å². The maximum Gasteiger partial charge on any atom is 0.416 e. The summed E-state index contributed by atoms with van der Waals surface area (Å²) in [6.45, 7) is -0.101. The number of amides is 1. The lowest BCUT2D eigenvalue weighted by molar-refractivity contribution is -0.137. The van der Waals surface area contributed by atoms with Crippen LogP contribution in [0, 0.1) is 0 Å². The number of hydrogen-bond donors (Lipinski definition) is 2. The summed E-state index contributed by atoms with van der Waals surface area (Å²) in [5, 5.41) is 2.83. The minimum absolute atomic E-state index is 0.0374. The second-order valence-corrected chi connectivity index (χ2v) is 11.6. The summed E-state index contributed by atoms with van der Waals surface area (Å²) < 4.78 is 90.7. The molecular formula is C25H21ClF3N3O6S2. The van der Waals surface area contributed by atoms with Crippen LogP contribution in [0.4, 0.5) is 18.9 Å². The van der Waals surface area contributed by atoms with Crippen molar-refractivity contribution in [2.75, 3.05) is 17.4 Å². The Morgan fingerprint density at radius 3 is 2.40 bits per heavy atom. The third kappa shape index (κ3) is 7.26. The Hall–Kier alpha value is -3.30. The Labute approximate surface area is 235 Å². The Morgan fingerprint density at radius 2 is 1.77 bits per heavy atom. The SMILES string of the molecule is O=C(NCCCN(c1ccc(Cl)cc1)S(=O)(=O)O)c1cccc2nc([S+]([O-])Cc3ccc(C(F)(F)F)cc3)oc12. The molecule has 0 saturated carbocycles. The molecule has 2 N–H and O–H groups in total. The molecule has 212 valence electrons. The zero-order valence-corrected chi connectivity index (χ0v) is 22.8. The normalized spacial score (nSPS) is 12.8. The standard InChI is InChI=1S/C25H21ClF3N3O6S2/c26-18-9-11-19(12-10-18)32(40(35,36)37)14-2-13-30-23(33)20-3-1-4-21-22(20)38-24(31-21)39(34)15-16-5-7-17(8-6-16)25(27,28)29/h1,3-12H,2,13-15H2,(H,30,33)(H,35,36,37). The van der Waals surface area contributed by atoms with Gasteiger partial charge in [-0.2, -0.15) is 26.6 Å². The van der Waals surface area contributed by atoms with Gasteiger partial charge >= 0.3 is 21.7 Å². The molecule has 1 unspecified atom stereocenters. The molecule has 0 bridgehead atoms. The number of benzene rings is 3. The van der Waals surface area contributed by atoms with Crippen LogP contribution in [0.15, 0.2) is 76.4 Å². The fraction of sp³-hybridized carbons (Fsp3) is 0.200. The zero-order valence-electron chi connectivity index (χ0n) is 20.4. The number of nitrogens with one attached hydrogen (secondary N) is 1. The van der Waals surface area contributed by atoms with Gasteiger partial charge < -0.3 is 14.3 Å². The molecule has 0 saturated heterocycles.